The van der Waals surface area contributed by atoms with Gasteiger partial charge >= 0.3 is 0 Å². The van der Waals surface area contributed by atoms with Crippen LogP contribution in [0.15, 0.2) is 27.6 Å². The van der Waals surface area contributed by atoms with Crippen molar-refractivity contribution in [1.29, 1.82) is 0 Å². The summed E-state index contributed by atoms with van der Waals surface area (Å²) in [4.78, 5) is 1.37. The largest absolute Gasteiger partial charge is 0.382 e. The van der Waals surface area contributed by atoms with E-state index in [-0.39, 0.29) is 0 Å². The van der Waals surface area contributed by atoms with Crippen LogP contribution in [-0.4, -0.2) is 11.8 Å². The Morgan fingerprint density at radius 1 is 1.62 bits per heavy atom. The van der Waals surface area contributed by atoms with Crippen molar-refractivity contribution in [3.05, 3.63) is 22.7 Å². The normalized spacial score (nSPS) is 20.6. The number of anilines is 1. The maximum Gasteiger partial charge on any atom is 0.0623 e. The van der Waals surface area contributed by atoms with Crippen LogP contribution in [0.2, 0.25) is 0 Å². The third-order valence-electron chi connectivity index (χ3n) is 2.23. The van der Waals surface area contributed by atoms with Gasteiger partial charge in [0.05, 0.1) is 5.69 Å². The quantitative estimate of drug-likeness (QED) is 0.823. The molecule has 1 nitrogen and oxygen atoms in total. The van der Waals surface area contributed by atoms with Gasteiger partial charge in [-0.25, -0.2) is 0 Å². The smallest absolute Gasteiger partial charge is 0.0623 e. The van der Waals surface area contributed by atoms with Crippen molar-refractivity contribution in [2.45, 2.75) is 23.5 Å². The van der Waals surface area contributed by atoms with E-state index in [9.17, 15) is 0 Å². The van der Waals surface area contributed by atoms with Crippen molar-refractivity contribution in [2.24, 2.45) is 0 Å². The molecule has 1 heterocycles. The van der Waals surface area contributed by atoms with Gasteiger partial charge in [0, 0.05) is 21.2 Å². The lowest BCUT2D eigenvalue weighted by molar-refractivity contribution is 0.841. The first-order valence-electron chi connectivity index (χ1n) is 4.50. The predicted octanol–water partition coefficient (Wildman–Crippen LogP) is 3.75. The first kappa shape index (κ1) is 9.41. The lowest BCUT2D eigenvalue weighted by atomic mass is 10.2. The van der Waals surface area contributed by atoms with E-state index in [0.717, 1.165) is 11.8 Å². The minimum absolute atomic E-state index is 0.724. The second-order valence-corrected chi connectivity index (χ2v) is 5.34. The Labute approximate surface area is 91.4 Å². The molecule has 1 aromatic rings. The van der Waals surface area contributed by atoms with Crippen molar-refractivity contribution in [3.63, 3.8) is 0 Å². The van der Waals surface area contributed by atoms with Crippen LogP contribution in [0, 0.1) is 0 Å². The standard InChI is InChI=1S/C10H12BrNS/c1-2-7-6-12-10-8(11)4-3-5-9(10)13-7/h3-5,7,12H,2,6H2,1H3. The molecular weight excluding hydrogens is 246 g/mol. The van der Waals surface area contributed by atoms with Crippen molar-refractivity contribution < 1.29 is 0 Å². The van der Waals surface area contributed by atoms with Crippen LogP contribution in [0.1, 0.15) is 13.3 Å². The van der Waals surface area contributed by atoms with E-state index in [1.165, 1.54) is 21.5 Å². The number of hydrogen-bond donors (Lipinski definition) is 1. The van der Waals surface area contributed by atoms with Gasteiger partial charge in [0.1, 0.15) is 0 Å². The Bertz CT molecular complexity index is 314. The van der Waals surface area contributed by atoms with Crippen molar-refractivity contribution in [1.82, 2.24) is 0 Å². The summed E-state index contributed by atoms with van der Waals surface area (Å²) in [6.45, 7) is 3.32. The molecule has 3 heteroatoms. The molecule has 0 aliphatic carbocycles. The SMILES string of the molecule is CCC1CNc2c(Br)cccc2S1. The van der Waals surface area contributed by atoms with Gasteiger partial charge in [0.2, 0.25) is 0 Å². The van der Waals surface area contributed by atoms with Crippen LogP contribution in [0.25, 0.3) is 0 Å². The number of rotatable bonds is 1. The van der Waals surface area contributed by atoms with E-state index in [1.807, 2.05) is 11.8 Å². The van der Waals surface area contributed by atoms with Gasteiger partial charge in [0.25, 0.3) is 0 Å². The molecule has 1 aliphatic rings. The number of thioether (sulfide) groups is 1. The molecule has 0 saturated carbocycles. The minimum atomic E-state index is 0.724. The van der Waals surface area contributed by atoms with Crippen LogP contribution < -0.4 is 5.32 Å². The predicted molar refractivity (Wildman–Crippen MR) is 62.6 cm³/mol. The maximum absolute atomic E-state index is 3.55. The van der Waals surface area contributed by atoms with Crippen LogP contribution in [0.5, 0.6) is 0 Å². The van der Waals surface area contributed by atoms with E-state index >= 15 is 0 Å². The third kappa shape index (κ3) is 1.86. The van der Waals surface area contributed by atoms with E-state index in [0.29, 0.717) is 0 Å². The first-order chi connectivity index (χ1) is 6.31. The molecule has 2 rings (SSSR count). The van der Waals surface area contributed by atoms with Crippen LogP contribution in [0.3, 0.4) is 0 Å². The molecule has 0 bridgehead atoms. The maximum atomic E-state index is 3.55. The molecule has 13 heavy (non-hydrogen) atoms. The molecular formula is C10H12BrNS. The lowest BCUT2D eigenvalue weighted by Crippen LogP contribution is -2.20. The van der Waals surface area contributed by atoms with E-state index in [1.54, 1.807) is 0 Å². The van der Waals surface area contributed by atoms with E-state index < -0.39 is 0 Å². The topological polar surface area (TPSA) is 12.0 Å². The molecule has 1 N–H and O–H groups in total. The molecule has 0 amide bonds. The lowest BCUT2D eigenvalue weighted by Gasteiger charge is -2.25. The summed E-state index contributed by atoms with van der Waals surface area (Å²) in [5, 5.41) is 4.19. The minimum Gasteiger partial charge on any atom is -0.382 e. The number of halogens is 1. The Morgan fingerprint density at radius 2 is 2.46 bits per heavy atom. The number of benzene rings is 1. The van der Waals surface area contributed by atoms with Crippen molar-refractivity contribution in [2.75, 3.05) is 11.9 Å². The summed E-state index contributed by atoms with van der Waals surface area (Å²) in [6.07, 6.45) is 1.23. The zero-order valence-electron chi connectivity index (χ0n) is 7.51. The summed E-state index contributed by atoms with van der Waals surface area (Å²) in [6, 6.07) is 6.36. The molecule has 0 aromatic heterocycles. The highest BCUT2D eigenvalue weighted by atomic mass is 79.9. The van der Waals surface area contributed by atoms with Gasteiger partial charge in [-0.1, -0.05) is 13.0 Å². The molecule has 0 saturated heterocycles. The highest BCUT2D eigenvalue weighted by Gasteiger charge is 2.18. The summed E-state index contributed by atoms with van der Waals surface area (Å²) < 4.78 is 1.17. The molecule has 70 valence electrons. The molecule has 0 fully saturated rings. The third-order valence-corrected chi connectivity index (χ3v) is 4.32. The van der Waals surface area contributed by atoms with Crippen LogP contribution >= 0.6 is 27.7 Å². The van der Waals surface area contributed by atoms with E-state index in [4.69, 9.17) is 0 Å². The summed E-state index contributed by atoms with van der Waals surface area (Å²) in [5.74, 6) is 0. The van der Waals surface area contributed by atoms with Crippen molar-refractivity contribution >= 4 is 33.4 Å². The molecule has 1 aliphatic heterocycles. The average Bonchev–Trinajstić information content (AvgIpc) is 2.18. The number of nitrogens with one attached hydrogen (secondary N) is 1. The van der Waals surface area contributed by atoms with Crippen LogP contribution in [-0.2, 0) is 0 Å². The number of fused-ring (bicyclic) bond motifs is 1. The van der Waals surface area contributed by atoms with E-state index in [2.05, 4.69) is 46.4 Å². The second kappa shape index (κ2) is 3.93. The zero-order chi connectivity index (χ0) is 9.26. The molecule has 0 radical (unpaired) electrons. The second-order valence-electron chi connectivity index (χ2n) is 3.14. The Morgan fingerprint density at radius 3 is 3.23 bits per heavy atom. The van der Waals surface area contributed by atoms with Gasteiger partial charge < -0.3 is 5.32 Å². The van der Waals surface area contributed by atoms with Gasteiger partial charge in [-0.05, 0) is 34.5 Å². The van der Waals surface area contributed by atoms with Crippen molar-refractivity contribution in [3.8, 4) is 0 Å². The highest BCUT2D eigenvalue weighted by molar-refractivity contribution is 9.10. The first-order valence-corrected chi connectivity index (χ1v) is 6.17. The highest BCUT2D eigenvalue weighted by Crippen LogP contribution is 2.39. The Balaban J connectivity index is 2.31. The molecule has 1 unspecified atom stereocenters. The average molecular weight is 258 g/mol. The number of hydrogen-bond acceptors (Lipinski definition) is 2. The fraction of sp³-hybridized carbons (Fsp3) is 0.400. The summed E-state index contributed by atoms with van der Waals surface area (Å²) in [5.41, 5.74) is 1.26. The number of para-hydroxylation sites is 1. The fourth-order valence-electron chi connectivity index (χ4n) is 1.44. The monoisotopic (exact) mass is 257 g/mol. The Hall–Kier alpha value is -0.150. The molecule has 1 atom stereocenters. The molecule has 1 aromatic carbocycles. The van der Waals surface area contributed by atoms with Gasteiger partial charge in [0.15, 0.2) is 0 Å². The van der Waals surface area contributed by atoms with Gasteiger partial charge in [-0.15, -0.1) is 11.8 Å². The van der Waals surface area contributed by atoms with Gasteiger partial charge in [-0.2, -0.15) is 0 Å². The van der Waals surface area contributed by atoms with Gasteiger partial charge in [-0.3, -0.25) is 0 Å². The zero-order valence-corrected chi connectivity index (χ0v) is 9.91. The molecule has 0 spiro atoms. The fourth-order valence-corrected chi connectivity index (χ4v) is 3.23. The van der Waals surface area contributed by atoms with Crippen LogP contribution in [0.4, 0.5) is 5.69 Å². The summed E-state index contributed by atoms with van der Waals surface area (Å²) in [7, 11) is 0. The Kier molecular flexibility index (Phi) is 2.84. The summed E-state index contributed by atoms with van der Waals surface area (Å²) >= 11 is 5.53.